The number of rotatable bonds is 18. The Kier molecular flexibility index (Phi) is 13.3. The molecule has 0 saturated carbocycles. The first-order valence-electron chi connectivity index (χ1n) is 21.4. The number of fused-ring (bicyclic) bond motifs is 4. The molecule has 0 unspecified atom stereocenters. The van der Waals surface area contributed by atoms with Gasteiger partial charge in [-0.25, -0.2) is 4.79 Å². The van der Waals surface area contributed by atoms with Gasteiger partial charge in [-0.3, -0.25) is 29.2 Å². The first-order chi connectivity index (χ1) is 30.9. The van der Waals surface area contributed by atoms with E-state index in [1.54, 1.807) is 23.2 Å². The number of nitrogens with zero attached hydrogens (tertiary/aromatic N) is 5. The summed E-state index contributed by atoms with van der Waals surface area (Å²) in [5, 5.41) is 0.522. The Labute approximate surface area is 371 Å². The van der Waals surface area contributed by atoms with Crippen molar-refractivity contribution in [2.75, 3.05) is 46.6 Å². The van der Waals surface area contributed by atoms with Gasteiger partial charge in [0.2, 0.25) is 0 Å². The van der Waals surface area contributed by atoms with Gasteiger partial charge in [0.15, 0.2) is 11.5 Å². The van der Waals surface area contributed by atoms with Crippen molar-refractivity contribution >= 4 is 53.4 Å². The second kappa shape index (κ2) is 19.4. The summed E-state index contributed by atoms with van der Waals surface area (Å²) in [6.07, 6.45) is 6.34. The van der Waals surface area contributed by atoms with Crippen LogP contribution in [0.25, 0.3) is 0 Å². The van der Waals surface area contributed by atoms with Crippen molar-refractivity contribution in [3.8, 4) is 17.2 Å². The number of hydrogen-bond donors (Lipinski definition) is 0. The minimum atomic E-state index is -0.719. The molecule has 4 amide bonds. The highest BCUT2D eigenvalue weighted by atomic mass is 16.7. The molecule has 5 heterocycles. The van der Waals surface area contributed by atoms with Crippen LogP contribution in [-0.4, -0.2) is 116 Å². The van der Waals surface area contributed by atoms with E-state index in [9.17, 15) is 24.0 Å². The van der Waals surface area contributed by atoms with Crippen LogP contribution in [-0.2, 0) is 48.3 Å². The number of aliphatic imine (C=N–C) groups is 2. The molecular formula is C48H51N5O11. The summed E-state index contributed by atoms with van der Waals surface area (Å²) in [6, 6.07) is 13.0. The molecule has 64 heavy (non-hydrogen) atoms. The molecule has 0 bridgehead atoms. The fourth-order valence-corrected chi connectivity index (χ4v) is 8.35. The minimum absolute atomic E-state index is 0.0345. The number of ether oxygens (including phenoxy) is 5. The highest BCUT2D eigenvalue weighted by molar-refractivity contribution is 6.05. The van der Waals surface area contributed by atoms with Gasteiger partial charge < -0.3 is 38.3 Å². The predicted molar refractivity (Wildman–Crippen MR) is 235 cm³/mol. The van der Waals surface area contributed by atoms with Gasteiger partial charge in [0, 0.05) is 57.1 Å². The molecule has 334 valence electrons. The van der Waals surface area contributed by atoms with E-state index >= 15 is 0 Å². The number of aryl methyl sites for hydroxylation is 2. The van der Waals surface area contributed by atoms with Crippen LogP contribution >= 0.6 is 0 Å². The summed E-state index contributed by atoms with van der Waals surface area (Å²) in [4.78, 5) is 80.1. The molecule has 0 radical (unpaired) electrons. The van der Waals surface area contributed by atoms with Crippen LogP contribution in [0.15, 0.2) is 76.8 Å². The van der Waals surface area contributed by atoms with Crippen molar-refractivity contribution in [1.29, 1.82) is 0 Å². The molecule has 5 aliphatic heterocycles. The summed E-state index contributed by atoms with van der Waals surface area (Å²) in [5.74, 6) is -0.476. The summed E-state index contributed by atoms with van der Waals surface area (Å²) in [6.45, 7) is 12.6. The van der Waals surface area contributed by atoms with Gasteiger partial charge >= 0.3 is 5.97 Å². The van der Waals surface area contributed by atoms with Crippen molar-refractivity contribution in [2.24, 2.45) is 9.98 Å². The third-order valence-corrected chi connectivity index (χ3v) is 11.6. The lowest BCUT2D eigenvalue weighted by Crippen LogP contribution is -2.35. The zero-order valence-corrected chi connectivity index (χ0v) is 36.1. The maximum Gasteiger partial charge on any atom is 0.335 e. The van der Waals surface area contributed by atoms with Crippen molar-refractivity contribution in [1.82, 2.24) is 14.9 Å². The van der Waals surface area contributed by atoms with Crippen LogP contribution < -0.4 is 14.2 Å². The quantitative estimate of drug-likeness (QED) is 0.0821. The van der Waals surface area contributed by atoms with Gasteiger partial charge in [0.25, 0.3) is 23.6 Å². The normalized spacial score (nSPS) is 18.8. The largest absolute Gasteiger partial charge is 0.493 e. The first kappa shape index (κ1) is 44.0. The molecule has 3 fully saturated rings. The van der Waals surface area contributed by atoms with Crippen LogP contribution in [0.2, 0.25) is 0 Å². The standard InChI is InChI=1S/C48H51N5O11/c1-29-14-35-23-49-39-21-41(31(3)16-37(39)47(57)51(35)25-29)62-27-33-17-32(6-5-10-60-12-13-61-11-9-46(56)64-53-44(54)7-8-45(53)55)18-34(19-33)28-63-43-22-40-38(20-42(43)59-4)48(58)52-26-30(2)15-36(52)24-50-40/h16-24,35-36H,1-2,5-15,25-28H2,3-4H3/t35-,36-/m0/s1. The average molecular weight is 874 g/mol. The lowest BCUT2D eigenvalue weighted by molar-refractivity contribution is -0.198. The van der Waals surface area contributed by atoms with Gasteiger partial charge in [-0.1, -0.05) is 36.4 Å². The topological polar surface area (TPSA) is 175 Å². The van der Waals surface area contributed by atoms with Gasteiger partial charge in [-0.2, -0.15) is 0 Å². The molecule has 3 saturated heterocycles. The number of carbonyl (C=O) groups is 5. The molecule has 2 atom stereocenters. The van der Waals surface area contributed by atoms with E-state index in [2.05, 4.69) is 35.3 Å². The number of carbonyl (C=O) groups excluding carboxylic acids is 5. The average Bonchev–Trinajstić information content (AvgIpc) is 3.91. The van der Waals surface area contributed by atoms with E-state index in [1.165, 1.54) is 7.11 Å². The van der Waals surface area contributed by atoms with Crippen LogP contribution in [0.1, 0.15) is 81.5 Å². The van der Waals surface area contributed by atoms with E-state index in [0.29, 0.717) is 96.8 Å². The van der Waals surface area contributed by atoms with E-state index in [1.807, 2.05) is 36.2 Å². The summed E-state index contributed by atoms with van der Waals surface area (Å²) in [5.41, 5.74) is 7.71. The number of hydroxylamine groups is 2. The summed E-state index contributed by atoms with van der Waals surface area (Å²) >= 11 is 0. The maximum atomic E-state index is 13.5. The van der Waals surface area contributed by atoms with E-state index in [-0.39, 0.29) is 69.6 Å². The smallest absolute Gasteiger partial charge is 0.335 e. The number of imide groups is 1. The number of methoxy groups -OCH3 is 1. The van der Waals surface area contributed by atoms with Crippen molar-refractivity contribution < 1.29 is 52.5 Å². The third-order valence-electron chi connectivity index (χ3n) is 11.6. The van der Waals surface area contributed by atoms with Crippen LogP contribution in [0.5, 0.6) is 17.2 Å². The number of hydrogen-bond acceptors (Lipinski definition) is 13. The van der Waals surface area contributed by atoms with Crippen molar-refractivity contribution in [3.63, 3.8) is 0 Å². The fourth-order valence-electron chi connectivity index (χ4n) is 8.35. The molecule has 16 nitrogen and oxygen atoms in total. The number of benzene rings is 3. The van der Waals surface area contributed by atoms with Gasteiger partial charge in [0.1, 0.15) is 19.0 Å². The first-order valence-corrected chi connectivity index (χ1v) is 21.4. The molecule has 0 aliphatic carbocycles. The van der Waals surface area contributed by atoms with E-state index in [4.69, 9.17) is 28.5 Å². The SMILES string of the molecule is C=C1C[C@H]2C=Nc3cc(OCc4cc(CCCOCCOCCC(=O)ON5C(=O)CCC5=O)cc(COc5cc6c(cc5OC)C(=O)N5CC(=C)C[C@H]5C=N6)c4)c(C)cc3C(=O)N2C1. The predicted octanol–water partition coefficient (Wildman–Crippen LogP) is 6.10. The lowest BCUT2D eigenvalue weighted by atomic mass is 10.0. The Morgan fingerprint density at radius 1 is 0.688 bits per heavy atom. The molecule has 8 rings (SSSR count). The monoisotopic (exact) mass is 873 g/mol. The Morgan fingerprint density at radius 3 is 1.84 bits per heavy atom. The highest BCUT2D eigenvalue weighted by Gasteiger charge is 2.36. The van der Waals surface area contributed by atoms with Crippen molar-refractivity contribution in [3.05, 3.63) is 100 Å². The molecular weight excluding hydrogens is 823 g/mol. The second-order valence-corrected chi connectivity index (χ2v) is 16.5. The molecule has 0 spiro atoms. The molecule has 3 aromatic rings. The molecule has 5 aliphatic rings. The third kappa shape index (κ3) is 9.92. The maximum absolute atomic E-state index is 13.5. The Hall–Kier alpha value is -6.65. The zero-order valence-electron chi connectivity index (χ0n) is 36.1. The molecule has 0 aromatic heterocycles. The molecule has 16 heteroatoms. The molecule has 0 N–H and O–H groups in total. The van der Waals surface area contributed by atoms with Crippen LogP contribution in [0.3, 0.4) is 0 Å². The Bertz CT molecular complexity index is 2450. The fraction of sp³-hybridized carbons (Fsp3) is 0.396. The zero-order chi connectivity index (χ0) is 44.9. The van der Waals surface area contributed by atoms with Crippen LogP contribution in [0.4, 0.5) is 11.4 Å². The number of amides is 4. The summed E-state index contributed by atoms with van der Waals surface area (Å²) < 4.78 is 29.8. The second-order valence-electron chi connectivity index (χ2n) is 16.5. The molecule has 3 aromatic carbocycles. The lowest BCUT2D eigenvalue weighted by Gasteiger charge is -2.20. The van der Waals surface area contributed by atoms with Gasteiger partial charge in [-0.05, 0) is 73.1 Å². The highest BCUT2D eigenvalue weighted by Crippen LogP contribution is 2.39. The van der Waals surface area contributed by atoms with E-state index in [0.717, 1.165) is 33.4 Å². The van der Waals surface area contributed by atoms with Gasteiger partial charge in [-0.15, -0.1) is 5.06 Å². The summed E-state index contributed by atoms with van der Waals surface area (Å²) in [7, 11) is 1.54. The van der Waals surface area contributed by atoms with E-state index < -0.39 is 17.8 Å². The Morgan fingerprint density at radius 2 is 1.23 bits per heavy atom. The van der Waals surface area contributed by atoms with Crippen LogP contribution in [0, 0.1) is 6.92 Å². The van der Waals surface area contributed by atoms with Gasteiger partial charge in [0.05, 0.1) is 67.9 Å². The minimum Gasteiger partial charge on any atom is -0.493 e. The Balaban J connectivity index is 0.911. The van der Waals surface area contributed by atoms with Crippen molar-refractivity contribution in [2.45, 2.75) is 77.2 Å².